The number of allylic oxidation sites excluding steroid dienone is 2. The van der Waals surface area contributed by atoms with Crippen LogP contribution in [-0.2, 0) is 9.59 Å². The quantitative estimate of drug-likeness (QED) is 0.648. The highest BCUT2D eigenvalue weighted by Gasteiger charge is 2.13. The molecule has 108 valence electrons. The number of rotatable bonds is 6. The Morgan fingerprint density at radius 3 is 2.47 bits per heavy atom. The highest BCUT2D eigenvalue weighted by Crippen LogP contribution is 2.00. The van der Waals surface area contributed by atoms with Crippen LogP contribution in [0.1, 0.15) is 26.2 Å². The fraction of sp³-hybridized carbons (Fsp3) is 0.538. The van der Waals surface area contributed by atoms with Gasteiger partial charge in [0.05, 0.1) is 6.42 Å². The number of carboxylic acid groups (broad SMARTS) is 1. The smallest absolute Gasteiger partial charge is 0.321 e. The number of unbranched alkanes of at least 4 members (excludes halogenated alkanes) is 1. The molecule has 0 saturated carbocycles. The lowest BCUT2D eigenvalue weighted by molar-refractivity contribution is -0.140. The monoisotopic (exact) mass is 269 g/mol. The summed E-state index contributed by atoms with van der Waals surface area (Å²) in [5.41, 5.74) is 9.57. The highest BCUT2D eigenvalue weighted by molar-refractivity contribution is 5.83. The summed E-state index contributed by atoms with van der Waals surface area (Å²) in [4.78, 5) is 22.2. The number of nitrogens with zero attached hydrogens (tertiary/aromatic N) is 1. The Hall–Kier alpha value is -1.82. The van der Waals surface area contributed by atoms with Gasteiger partial charge in [0.15, 0.2) is 0 Å². The highest BCUT2D eigenvalue weighted by atomic mass is 16.4. The molecule has 1 atom stereocenters. The Labute approximate surface area is 113 Å². The fourth-order valence-electron chi connectivity index (χ4n) is 1.34. The minimum absolute atomic E-state index is 0.310. The van der Waals surface area contributed by atoms with Crippen LogP contribution in [0.4, 0.5) is 0 Å². The first-order chi connectivity index (χ1) is 8.97. The molecular weight excluding hydrogens is 246 g/mol. The maximum atomic E-state index is 9.99. The number of hydrogen-bond acceptors (Lipinski definition) is 4. The second-order valence-electron chi connectivity index (χ2n) is 4.23. The maximum absolute atomic E-state index is 9.99. The van der Waals surface area contributed by atoms with Crippen LogP contribution in [0, 0.1) is 0 Å². The van der Waals surface area contributed by atoms with E-state index >= 15 is 0 Å². The van der Waals surface area contributed by atoms with E-state index < -0.39 is 17.9 Å². The third-order valence-electron chi connectivity index (χ3n) is 2.42. The summed E-state index contributed by atoms with van der Waals surface area (Å²) in [6.07, 6.45) is 10.8. The molecule has 19 heavy (non-hydrogen) atoms. The van der Waals surface area contributed by atoms with Crippen molar-refractivity contribution < 1.29 is 14.7 Å². The van der Waals surface area contributed by atoms with E-state index in [1.807, 2.05) is 0 Å². The molecule has 0 aromatic heterocycles. The average molecular weight is 269 g/mol. The summed E-state index contributed by atoms with van der Waals surface area (Å²) in [6, 6.07) is -1.16. The third-order valence-corrected chi connectivity index (χ3v) is 2.42. The van der Waals surface area contributed by atoms with Crippen molar-refractivity contribution in [2.45, 2.75) is 32.2 Å². The lowest BCUT2D eigenvalue weighted by Crippen LogP contribution is -2.34. The molecule has 5 N–H and O–H groups in total. The van der Waals surface area contributed by atoms with E-state index in [9.17, 15) is 9.59 Å². The number of carbonyl (C=O) groups excluding carboxylic acids is 1. The fourth-order valence-corrected chi connectivity index (χ4v) is 1.34. The van der Waals surface area contributed by atoms with E-state index in [-0.39, 0.29) is 6.42 Å². The number of nitrogens with two attached hydrogens (primary N) is 2. The van der Waals surface area contributed by atoms with Gasteiger partial charge in [-0.2, -0.15) is 0 Å². The van der Waals surface area contributed by atoms with Gasteiger partial charge in [0.1, 0.15) is 6.04 Å². The second kappa shape index (κ2) is 10.1. The van der Waals surface area contributed by atoms with Crippen molar-refractivity contribution in [2.24, 2.45) is 11.5 Å². The van der Waals surface area contributed by atoms with E-state index in [4.69, 9.17) is 10.8 Å². The van der Waals surface area contributed by atoms with Crippen molar-refractivity contribution in [2.75, 3.05) is 13.1 Å². The van der Waals surface area contributed by atoms with Crippen molar-refractivity contribution in [3.8, 4) is 0 Å². The first-order valence-corrected chi connectivity index (χ1v) is 6.31. The second-order valence-corrected chi connectivity index (χ2v) is 4.23. The topological polar surface area (TPSA) is 110 Å². The number of carbonyl (C=O) groups is 2. The standard InChI is InChI=1S/C9H15N.C4H8N2O3/c1-2-3-7-10-8-5-4-6-9-10;5-2(4(8)9)1-3(6)7/h4-6,8H,2-3,7,9H2,1H3;2H,1,5H2,(H2,6,7)(H,8,9). The van der Waals surface area contributed by atoms with E-state index in [0.29, 0.717) is 0 Å². The van der Waals surface area contributed by atoms with E-state index in [1.54, 1.807) is 0 Å². The van der Waals surface area contributed by atoms with Crippen LogP contribution in [0.25, 0.3) is 0 Å². The van der Waals surface area contributed by atoms with Crippen molar-refractivity contribution in [1.29, 1.82) is 0 Å². The predicted molar refractivity (Wildman–Crippen MR) is 74.2 cm³/mol. The Bertz CT molecular complexity index is 340. The molecule has 6 heteroatoms. The normalized spacial score (nSPS) is 14.5. The molecule has 1 aliphatic heterocycles. The average Bonchev–Trinajstić information content (AvgIpc) is 2.37. The summed E-state index contributed by atoms with van der Waals surface area (Å²) in [6.45, 7) is 4.53. The van der Waals surface area contributed by atoms with Crippen LogP contribution >= 0.6 is 0 Å². The van der Waals surface area contributed by atoms with E-state index in [0.717, 1.165) is 6.54 Å². The summed E-state index contributed by atoms with van der Waals surface area (Å²) in [5, 5.41) is 8.10. The lowest BCUT2D eigenvalue weighted by atomic mass is 10.2. The number of hydrogen-bond donors (Lipinski definition) is 3. The third kappa shape index (κ3) is 9.84. The number of amides is 1. The zero-order chi connectivity index (χ0) is 14.7. The predicted octanol–water partition coefficient (Wildman–Crippen LogP) is 0.446. The lowest BCUT2D eigenvalue weighted by Gasteiger charge is -2.19. The maximum Gasteiger partial charge on any atom is 0.321 e. The van der Waals surface area contributed by atoms with Gasteiger partial charge in [-0.05, 0) is 18.7 Å². The summed E-state index contributed by atoms with van der Waals surface area (Å²) in [7, 11) is 0. The molecule has 1 unspecified atom stereocenters. The zero-order valence-electron chi connectivity index (χ0n) is 11.3. The molecule has 1 amide bonds. The van der Waals surface area contributed by atoms with Crippen LogP contribution in [0.3, 0.4) is 0 Å². The SMILES string of the molecule is CCCCN1C=CC=CC1.NC(=O)CC(N)C(=O)O. The Morgan fingerprint density at radius 1 is 1.42 bits per heavy atom. The molecule has 0 aromatic rings. The molecule has 1 aliphatic rings. The van der Waals surface area contributed by atoms with Gasteiger partial charge in [-0.3, -0.25) is 9.59 Å². The molecule has 0 spiro atoms. The Morgan fingerprint density at radius 2 is 2.11 bits per heavy atom. The largest absolute Gasteiger partial charge is 0.480 e. The first kappa shape index (κ1) is 17.2. The van der Waals surface area contributed by atoms with Crippen LogP contribution < -0.4 is 11.5 Å². The van der Waals surface area contributed by atoms with Crippen LogP contribution in [0.15, 0.2) is 24.4 Å². The van der Waals surface area contributed by atoms with Gasteiger partial charge in [-0.15, -0.1) is 0 Å². The van der Waals surface area contributed by atoms with Gasteiger partial charge in [0, 0.05) is 13.1 Å². The molecule has 1 rings (SSSR count). The zero-order valence-corrected chi connectivity index (χ0v) is 11.3. The van der Waals surface area contributed by atoms with Crippen molar-refractivity contribution in [1.82, 2.24) is 4.90 Å². The molecule has 0 bridgehead atoms. The molecule has 0 aromatic carbocycles. The van der Waals surface area contributed by atoms with Crippen molar-refractivity contribution >= 4 is 11.9 Å². The number of carboxylic acids is 1. The van der Waals surface area contributed by atoms with Crippen LogP contribution in [0.2, 0.25) is 0 Å². The van der Waals surface area contributed by atoms with E-state index in [1.165, 1.54) is 19.4 Å². The molecule has 1 heterocycles. The van der Waals surface area contributed by atoms with Gasteiger partial charge >= 0.3 is 5.97 Å². The van der Waals surface area contributed by atoms with Gasteiger partial charge in [0.2, 0.25) is 5.91 Å². The first-order valence-electron chi connectivity index (χ1n) is 6.31. The minimum atomic E-state index is -1.21. The number of primary amides is 1. The summed E-state index contributed by atoms with van der Waals surface area (Å²) < 4.78 is 0. The van der Waals surface area contributed by atoms with Gasteiger partial charge < -0.3 is 21.5 Å². The van der Waals surface area contributed by atoms with Gasteiger partial charge in [-0.1, -0.05) is 25.5 Å². The van der Waals surface area contributed by atoms with Crippen LogP contribution in [0.5, 0.6) is 0 Å². The molecule has 0 radical (unpaired) electrons. The Kier molecular flexibility index (Phi) is 9.16. The van der Waals surface area contributed by atoms with Gasteiger partial charge in [0.25, 0.3) is 0 Å². The van der Waals surface area contributed by atoms with Crippen molar-refractivity contribution in [3.05, 3.63) is 24.4 Å². The van der Waals surface area contributed by atoms with Gasteiger partial charge in [-0.25, -0.2) is 0 Å². The Balaban J connectivity index is 0.000000344. The molecular formula is C13H23N3O3. The summed E-state index contributed by atoms with van der Waals surface area (Å²) >= 11 is 0. The van der Waals surface area contributed by atoms with Crippen molar-refractivity contribution in [3.63, 3.8) is 0 Å². The minimum Gasteiger partial charge on any atom is -0.480 e. The van der Waals surface area contributed by atoms with Crippen LogP contribution in [-0.4, -0.2) is 41.0 Å². The van der Waals surface area contributed by atoms with E-state index in [2.05, 4.69) is 42.0 Å². The summed E-state index contributed by atoms with van der Waals surface area (Å²) in [5.74, 6) is -1.92. The number of aliphatic carboxylic acids is 1. The molecule has 0 saturated heterocycles. The molecule has 6 nitrogen and oxygen atoms in total. The molecule has 0 aliphatic carbocycles. The molecule has 0 fully saturated rings.